The molecule has 6 nitrogen and oxygen atoms in total. The van der Waals surface area contributed by atoms with Crippen LogP contribution in [0.1, 0.15) is 24.8 Å². The molecule has 2 rings (SSSR count). The van der Waals surface area contributed by atoms with Gasteiger partial charge < -0.3 is 15.4 Å². The highest BCUT2D eigenvalue weighted by Gasteiger charge is 2.09. The topological polar surface area (TPSA) is 91.2 Å². The lowest BCUT2D eigenvalue weighted by molar-refractivity contribution is -0.117. The van der Waals surface area contributed by atoms with E-state index in [4.69, 9.17) is 10.00 Å². The van der Waals surface area contributed by atoms with E-state index < -0.39 is 5.91 Å². The van der Waals surface area contributed by atoms with Crippen LogP contribution in [0.2, 0.25) is 0 Å². The minimum atomic E-state index is -0.416. The van der Waals surface area contributed by atoms with Crippen molar-refractivity contribution in [3.63, 3.8) is 0 Å². The molecule has 0 atom stereocenters. The fourth-order valence-electron chi connectivity index (χ4n) is 2.31. The summed E-state index contributed by atoms with van der Waals surface area (Å²) in [6.07, 6.45) is 0.633. The van der Waals surface area contributed by atoms with Gasteiger partial charge in [-0.15, -0.1) is 0 Å². The van der Waals surface area contributed by atoms with Crippen molar-refractivity contribution in [2.45, 2.75) is 26.2 Å². The van der Waals surface area contributed by atoms with Gasteiger partial charge in [0.1, 0.15) is 12.2 Å². The maximum Gasteiger partial charge on any atom is 0.238 e. The Morgan fingerprint density at radius 2 is 1.62 bits per heavy atom. The average Bonchev–Trinajstić information content (AvgIpc) is 2.62. The van der Waals surface area contributed by atoms with E-state index in [1.54, 1.807) is 30.3 Å². The van der Waals surface area contributed by atoms with Crippen LogP contribution >= 0.6 is 0 Å². The van der Waals surface area contributed by atoms with Crippen LogP contribution in [0.25, 0.3) is 0 Å². The fourth-order valence-corrected chi connectivity index (χ4v) is 2.31. The van der Waals surface area contributed by atoms with Crippen LogP contribution in [0, 0.1) is 18.3 Å². The summed E-state index contributed by atoms with van der Waals surface area (Å²) in [5.74, 6) is 0.236. The maximum atomic E-state index is 12.1. The van der Waals surface area contributed by atoms with Crippen molar-refractivity contribution in [2.24, 2.45) is 0 Å². The Labute approximate surface area is 152 Å². The predicted octanol–water partition coefficient (Wildman–Crippen LogP) is 3.64. The number of benzene rings is 2. The van der Waals surface area contributed by atoms with Crippen LogP contribution in [-0.2, 0) is 9.59 Å². The molecule has 2 aromatic carbocycles. The molecule has 0 fully saturated rings. The summed E-state index contributed by atoms with van der Waals surface area (Å²) in [6, 6.07) is 16.4. The van der Waals surface area contributed by atoms with E-state index in [-0.39, 0.29) is 12.3 Å². The number of ether oxygens (including phenoxy) is 1. The molecule has 0 spiro atoms. The van der Waals surface area contributed by atoms with Gasteiger partial charge in [-0.05, 0) is 37.1 Å². The van der Waals surface area contributed by atoms with Gasteiger partial charge in [0.05, 0.1) is 24.1 Å². The molecular formula is C20H21N3O3. The Morgan fingerprint density at radius 3 is 2.27 bits per heavy atom. The molecular weight excluding hydrogens is 330 g/mol. The number of carbonyl (C=O) groups excluding carboxylic acids is 2. The van der Waals surface area contributed by atoms with Crippen LogP contribution in [0.3, 0.4) is 0 Å². The second-order valence-corrected chi connectivity index (χ2v) is 5.69. The Bertz CT molecular complexity index is 812. The first-order chi connectivity index (χ1) is 12.6. The third-order valence-electron chi connectivity index (χ3n) is 3.61. The lowest BCUT2D eigenvalue weighted by atomic mass is 10.2. The van der Waals surface area contributed by atoms with Gasteiger partial charge in [-0.25, -0.2) is 0 Å². The van der Waals surface area contributed by atoms with Gasteiger partial charge in [0, 0.05) is 6.42 Å². The number of hydrogen-bond donors (Lipinski definition) is 2. The third-order valence-corrected chi connectivity index (χ3v) is 3.61. The monoisotopic (exact) mass is 351 g/mol. The molecule has 2 aromatic rings. The van der Waals surface area contributed by atoms with Crippen LogP contribution in [0.15, 0.2) is 48.5 Å². The highest BCUT2D eigenvalue weighted by molar-refractivity contribution is 5.99. The number of aryl methyl sites for hydroxylation is 1. The van der Waals surface area contributed by atoms with Gasteiger partial charge in [0.25, 0.3) is 0 Å². The second-order valence-electron chi connectivity index (χ2n) is 5.69. The first kappa shape index (κ1) is 19.0. The van der Waals surface area contributed by atoms with Crippen LogP contribution in [-0.4, -0.2) is 18.4 Å². The molecule has 2 amide bonds. The lowest BCUT2D eigenvalue weighted by Gasteiger charge is -2.12. The zero-order valence-corrected chi connectivity index (χ0v) is 14.6. The molecule has 0 saturated heterocycles. The standard InChI is InChI=1S/C20H21N3O3/c1-15-7-2-5-10-18(15)26-14-6-11-19(24)22-16-8-3-4-9-17(16)23-20(25)12-13-21/h2-5,7-10H,6,11-12,14H2,1H3,(H,22,24)(H,23,25). The molecule has 6 heteroatoms. The van der Waals surface area contributed by atoms with Gasteiger partial charge in [-0.2, -0.15) is 5.26 Å². The molecule has 26 heavy (non-hydrogen) atoms. The SMILES string of the molecule is Cc1ccccc1OCCCC(=O)Nc1ccccc1NC(=O)CC#N. The minimum Gasteiger partial charge on any atom is -0.493 e. The van der Waals surface area contributed by atoms with Gasteiger partial charge in [0.2, 0.25) is 11.8 Å². The number of hydrogen-bond acceptors (Lipinski definition) is 4. The zero-order chi connectivity index (χ0) is 18.8. The van der Waals surface area contributed by atoms with E-state index in [0.717, 1.165) is 11.3 Å². The van der Waals surface area contributed by atoms with Crippen molar-refractivity contribution in [3.05, 3.63) is 54.1 Å². The fraction of sp³-hybridized carbons (Fsp3) is 0.250. The quantitative estimate of drug-likeness (QED) is 0.710. The number of nitrogens with zero attached hydrogens (tertiary/aromatic N) is 1. The number of carbonyl (C=O) groups is 2. The van der Waals surface area contributed by atoms with Crippen molar-refractivity contribution >= 4 is 23.2 Å². The van der Waals surface area contributed by atoms with Crippen molar-refractivity contribution in [2.75, 3.05) is 17.2 Å². The van der Waals surface area contributed by atoms with E-state index in [0.29, 0.717) is 30.8 Å². The number of anilines is 2. The summed E-state index contributed by atoms with van der Waals surface area (Å²) in [5, 5.41) is 13.9. The minimum absolute atomic E-state index is 0.166. The molecule has 0 aliphatic heterocycles. The summed E-state index contributed by atoms with van der Waals surface area (Å²) < 4.78 is 5.67. The first-order valence-corrected chi connectivity index (χ1v) is 8.34. The molecule has 0 unspecified atom stereocenters. The van der Waals surface area contributed by atoms with Crippen LogP contribution in [0.5, 0.6) is 5.75 Å². The number of nitrogens with one attached hydrogen (secondary N) is 2. The number of para-hydroxylation sites is 3. The summed E-state index contributed by atoms with van der Waals surface area (Å²) in [4.78, 5) is 23.7. The Hall–Kier alpha value is -3.33. The molecule has 0 radical (unpaired) electrons. The summed E-state index contributed by atoms with van der Waals surface area (Å²) in [6.45, 7) is 2.42. The Morgan fingerprint density at radius 1 is 1.00 bits per heavy atom. The predicted molar refractivity (Wildman–Crippen MR) is 99.8 cm³/mol. The van der Waals surface area contributed by atoms with E-state index in [1.807, 2.05) is 31.2 Å². The molecule has 0 heterocycles. The van der Waals surface area contributed by atoms with Crippen molar-refractivity contribution < 1.29 is 14.3 Å². The molecule has 0 bridgehead atoms. The molecule has 0 aromatic heterocycles. The highest BCUT2D eigenvalue weighted by atomic mass is 16.5. The molecule has 2 N–H and O–H groups in total. The Balaban J connectivity index is 1.82. The normalized spacial score (nSPS) is 9.85. The van der Waals surface area contributed by atoms with Gasteiger partial charge in [-0.1, -0.05) is 30.3 Å². The molecule has 0 saturated carbocycles. The van der Waals surface area contributed by atoms with Gasteiger partial charge >= 0.3 is 0 Å². The molecule has 134 valence electrons. The maximum absolute atomic E-state index is 12.1. The highest BCUT2D eigenvalue weighted by Crippen LogP contribution is 2.21. The summed E-state index contributed by atoms with van der Waals surface area (Å²) in [7, 11) is 0. The average molecular weight is 351 g/mol. The smallest absolute Gasteiger partial charge is 0.238 e. The Kier molecular flexibility index (Phi) is 7.19. The van der Waals surface area contributed by atoms with Crippen LogP contribution in [0.4, 0.5) is 11.4 Å². The largest absolute Gasteiger partial charge is 0.493 e. The third kappa shape index (κ3) is 5.95. The van der Waals surface area contributed by atoms with Gasteiger partial charge in [0.15, 0.2) is 0 Å². The van der Waals surface area contributed by atoms with E-state index >= 15 is 0 Å². The second kappa shape index (κ2) is 9.84. The molecule has 0 aliphatic rings. The number of nitriles is 1. The summed E-state index contributed by atoms with van der Waals surface area (Å²) >= 11 is 0. The van der Waals surface area contributed by atoms with E-state index in [2.05, 4.69) is 10.6 Å². The van der Waals surface area contributed by atoms with Crippen molar-refractivity contribution in [3.8, 4) is 11.8 Å². The van der Waals surface area contributed by atoms with E-state index in [1.165, 1.54) is 0 Å². The molecule has 0 aliphatic carbocycles. The first-order valence-electron chi connectivity index (χ1n) is 8.34. The van der Waals surface area contributed by atoms with Crippen molar-refractivity contribution in [1.29, 1.82) is 5.26 Å². The number of rotatable bonds is 8. The van der Waals surface area contributed by atoms with Gasteiger partial charge in [-0.3, -0.25) is 9.59 Å². The number of amides is 2. The summed E-state index contributed by atoms with van der Waals surface area (Å²) in [5.41, 5.74) is 2.03. The van der Waals surface area contributed by atoms with E-state index in [9.17, 15) is 9.59 Å². The van der Waals surface area contributed by atoms with Crippen molar-refractivity contribution in [1.82, 2.24) is 0 Å². The zero-order valence-electron chi connectivity index (χ0n) is 14.6. The van der Waals surface area contributed by atoms with Crippen LogP contribution < -0.4 is 15.4 Å². The lowest BCUT2D eigenvalue weighted by Crippen LogP contribution is -2.16.